The van der Waals surface area contributed by atoms with E-state index in [9.17, 15) is 4.79 Å². The minimum Gasteiger partial charge on any atom is -0.436 e. The summed E-state index contributed by atoms with van der Waals surface area (Å²) in [5, 5.41) is 2.77. The highest BCUT2D eigenvalue weighted by molar-refractivity contribution is 5.71. The smallest absolute Gasteiger partial charge is 0.408 e. The molecule has 1 heterocycles. The average molecular weight is 203 g/mol. The van der Waals surface area contributed by atoms with Crippen LogP contribution in [-0.2, 0) is 10.3 Å². The Bertz CT molecular complexity index is 386. The topological polar surface area (TPSA) is 38.3 Å². The summed E-state index contributed by atoms with van der Waals surface area (Å²) in [5.41, 5.74) is 0.726. The van der Waals surface area contributed by atoms with E-state index in [2.05, 4.69) is 5.32 Å². The number of nitrogens with one attached hydrogen (secondary N) is 1. The van der Waals surface area contributed by atoms with Gasteiger partial charge in [0, 0.05) is 5.92 Å². The number of alkyl carbamates (subject to hydrolysis) is 1. The molecule has 0 radical (unpaired) electrons. The lowest BCUT2D eigenvalue weighted by Gasteiger charge is -2.26. The van der Waals surface area contributed by atoms with Crippen molar-refractivity contribution in [2.75, 3.05) is 6.54 Å². The number of ether oxygens (including phenoxy) is 1. The van der Waals surface area contributed by atoms with Gasteiger partial charge in [-0.3, -0.25) is 0 Å². The molecule has 3 nitrogen and oxygen atoms in total. The first-order valence-corrected chi connectivity index (χ1v) is 5.34. The maximum atomic E-state index is 11.2. The zero-order chi connectivity index (χ0) is 10.3. The van der Waals surface area contributed by atoms with E-state index < -0.39 is 5.60 Å². The molecule has 1 N–H and O–H groups in total. The van der Waals surface area contributed by atoms with Crippen LogP contribution in [0.1, 0.15) is 18.4 Å². The van der Waals surface area contributed by atoms with Gasteiger partial charge in [0.25, 0.3) is 0 Å². The molecular weight excluding hydrogens is 190 g/mol. The van der Waals surface area contributed by atoms with Gasteiger partial charge in [-0.05, 0) is 18.4 Å². The number of rotatable bonds is 2. The van der Waals surface area contributed by atoms with Gasteiger partial charge < -0.3 is 10.1 Å². The molecular formula is C12H13NO2. The van der Waals surface area contributed by atoms with Crippen LogP contribution < -0.4 is 5.32 Å². The second-order valence-electron chi connectivity index (χ2n) is 4.27. The molecule has 3 heteroatoms. The Hall–Kier alpha value is -1.51. The fourth-order valence-electron chi connectivity index (χ4n) is 2.34. The van der Waals surface area contributed by atoms with Gasteiger partial charge in [-0.2, -0.15) is 0 Å². The number of cyclic esters (lactones) is 1. The SMILES string of the molecule is O=C1NC[C@@](c2ccccc2)(C2CC2)O1. The number of benzene rings is 1. The highest BCUT2D eigenvalue weighted by atomic mass is 16.6. The van der Waals surface area contributed by atoms with Crippen LogP contribution in [-0.4, -0.2) is 12.6 Å². The lowest BCUT2D eigenvalue weighted by Crippen LogP contribution is -2.32. The minimum atomic E-state index is -0.391. The van der Waals surface area contributed by atoms with Crippen LogP contribution in [0.25, 0.3) is 0 Å². The highest BCUT2D eigenvalue weighted by Gasteiger charge is 2.53. The van der Waals surface area contributed by atoms with E-state index in [0.717, 1.165) is 18.4 Å². The summed E-state index contributed by atoms with van der Waals surface area (Å²) >= 11 is 0. The van der Waals surface area contributed by atoms with Gasteiger partial charge in [0.15, 0.2) is 5.60 Å². The number of carbonyl (C=O) groups excluding carboxylic acids is 1. The van der Waals surface area contributed by atoms with Crippen molar-refractivity contribution >= 4 is 6.09 Å². The maximum absolute atomic E-state index is 11.2. The molecule has 0 unspecified atom stereocenters. The standard InChI is InChI=1S/C12H13NO2/c14-11-13-8-12(15-11,10-6-7-10)9-4-2-1-3-5-9/h1-5,10H,6-8H2,(H,13,14)/t12-/m1/s1. The predicted molar refractivity (Wildman–Crippen MR) is 55.3 cm³/mol. The summed E-state index contributed by atoms with van der Waals surface area (Å²) in [6.07, 6.45) is 2.03. The van der Waals surface area contributed by atoms with Crippen LogP contribution in [0.15, 0.2) is 30.3 Å². The molecule has 78 valence electrons. The molecule has 1 amide bonds. The third-order valence-corrected chi connectivity index (χ3v) is 3.27. The first-order valence-electron chi connectivity index (χ1n) is 5.34. The van der Waals surface area contributed by atoms with Gasteiger partial charge >= 0.3 is 6.09 Å². The quantitative estimate of drug-likeness (QED) is 0.798. The van der Waals surface area contributed by atoms with E-state index in [0.29, 0.717) is 12.5 Å². The summed E-state index contributed by atoms with van der Waals surface area (Å²) in [6, 6.07) is 10.0. The minimum absolute atomic E-state index is 0.286. The zero-order valence-electron chi connectivity index (χ0n) is 8.40. The molecule has 15 heavy (non-hydrogen) atoms. The van der Waals surface area contributed by atoms with Crippen molar-refractivity contribution in [1.82, 2.24) is 5.32 Å². The van der Waals surface area contributed by atoms with E-state index in [4.69, 9.17) is 4.74 Å². The van der Waals surface area contributed by atoms with Gasteiger partial charge in [0.1, 0.15) is 0 Å². The fraction of sp³-hybridized carbons (Fsp3) is 0.417. The van der Waals surface area contributed by atoms with E-state index in [-0.39, 0.29) is 6.09 Å². The van der Waals surface area contributed by atoms with Crippen LogP contribution in [0.3, 0.4) is 0 Å². The van der Waals surface area contributed by atoms with Gasteiger partial charge in [-0.1, -0.05) is 30.3 Å². The average Bonchev–Trinajstić information content (AvgIpc) is 3.05. The molecule has 0 bridgehead atoms. The molecule has 1 atom stereocenters. The molecule has 1 aromatic carbocycles. The second kappa shape index (κ2) is 2.99. The molecule has 2 fully saturated rings. The van der Waals surface area contributed by atoms with Crippen molar-refractivity contribution in [3.8, 4) is 0 Å². The van der Waals surface area contributed by atoms with Gasteiger partial charge in [0.2, 0.25) is 0 Å². The van der Waals surface area contributed by atoms with Gasteiger partial charge in [-0.15, -0.1) is 0 Å². The molecule has 1 aromatic rings. The third kappa shape index (κ3) is 1.30. The Morgan fingerprint density at radius 1 is 1.27 bits per heavy atom. The first kappa shape index (κ1) is 8.77. The van der Waals surface area contributed by atoms with Gasteiger partial charge in [-0.25, -0.2) is 4.79 Å². The van der Waals surface area contributed by atoms with Crippen molar-refractivity contribution in [3.05, 3.63) is 35.9 Å². The van der Waals surface area contributed by atoms with Crippen LogP contribution >= 0.6 is 0 Å². The Balaban J connectivity index is 2.01. The predicted octanol–water partition coefficient (Wildman–Crippen LogP) is 2.03. The van der Waals surface area contributed by atoms with E-state index in [1.807, 2.05) is 30.3 Å². The van der Waals surface area contributed by atoms with E-state index in [1.54, 1.807) is 0 Å². The first-order chi connectivity index (χ1) is 7.31. The maximum Gasteiger partial charge on any atom is 0.408 e. The van der Waals surface area contributed by atoms with Crippen molar-refractivity contribution in [1.29, 1.82) is 0 Å². The van der Waals surface area contributed by atoms with Crippen molar-refractivity contribution in [2.45, 2.75) is 18.4 Å². The summed E-state index contributed by atoms with van der Waals surface area (Å²) in [7, 11) is 0. The fourth-order valence-corrected chi connectivity index (χ4v) is 2.34. The Labute approximate surface area is 88.4 Å². The molecule has 1 saturated carbocycles. The van der Waals surface area contributed by atoms with E-state index in [1.165, 1.54) is 0 Å². The summed E-state index contributed by atoms with van der Waals surface area (Å²) in [6.45, 7) is 0.612. The van der Waals surface area contributed by atoms with Crippen molar-refractivity contribution in [3.63, 3.8) is 0 Å². The van der Waals surface area contributed by atoms with Crippen LogP contribution in [0.5, 0.6) is 0 Å². The Kier molecular flexibility index (Phi) is 1.75. The van der Waals surface area contributed by atoms with Crippen molar-refractivity contribution < 1.29 is 9.53 Å². The van der Waals surface area contributed by atoms with Crippen molar-refractivity contribution in [2.24, 2.45) is 5.92 Å². The molecule has 1 aliphatic heterocycles. The molecule has 3 rings (SSSR count). The summed E-state index contributed by atoms with van der Waals surface area (Å²) in [4.78, 5) is 11.2. The Morgan fingerprint density at radius 3 is 2.53 bits per heavy atom. The molecule has 2 aliphatic rings. The number of hydrogen-bond donors (Lipinski definition) is 1. The van der Waals surface area contributed by atoms with Crippen LogP contribution in [0.4, 0.5) is 4.79 Å². The Morgan fingerprint density at radius 2 is 2.00 bits per heavy atom. The molecule has 1 aliphatic carbocycles. The molecule has 1 saturated heterocycles. The monoisotopic (exact) mass is 203 g/mol. The summed E-state index contributed by atoms with van der Waals surface area (Å²) in [5.74, 6) is 0.499. The van der Waals surface area contributed by atoms with Gasteiger partial charge in [0.05, 0.1) is 6.54 Å². The summed E-state index contributed by atoms with van der Waals surface area (Å²) < 4.78 is 5.51. The number of hydrogen-bond acceptors (Lipinski definition) is 2. The molecule has 0 spiro atoms. The number of amides is 1. The van der Waals surface area contributed by atoms with E-state index >= 15 is 0 Å². The second-order valence-corrected chi connectivity index (χ2v) is 4.27. The highest BCUT2D eigenvalue weighted by Crippen LogP contribution is 2.49. The lowest BCUT2D eigenvalue weighted by molar-refractivity contribution is 0.0350. The normalized spacial score (nSPS) is 29.7. The van der Waals surface area contributed by atoms with Crippen LogP contribution in [0, 0.1) is 5.92 Å². The zero-order valence-corrected chi connectivity index (χ0v) is 8.40. The number of carbonyl (C=O) groups is 1. The largest absolute Gasteiger partial charge is 0.436 e. The van der Waals surface area contributed by atoms with Crippen LogP contribution in [0.2, 0.25) is 0 Å². The lowest BCUT2D eigenvalue weighted by atomic mass is 9.89. The third-order valence-electron chi connectivity index (χ3n) is 3.27. The molecule has 0 aromatic heterocycles.